The Morgan fingerprint density at radius 3 is 1.16 bits per heavy atom. The third kappa shape index (κ3) is 53.5. The monoisotopic (exact) mass is 944 g/mol. The number of unbranched alkanes of at least 4 members (excludes halogenated alkanes) is 41. The number of allylic oxidation sites excluding steroid dienone is 4. The predicted molar refractivity (Wildman–Crippen MR) is 292 cm³/mol. The molecule has 0 bridgehead atoms. The van der Waals surface area contributed by atoms with Crippen molar-refractivity contribution in [1.82, 2.24) is 5.32 Å². The maximum atomic E-state index is 12.5. The zero-order valence-corrected chi connectivity index (χ0v) is 45.1. The van der Waals surface area contributed by atoms with E-state index in [1.807, 2.05) is 0 Å². The lowest BCUT2D eigenvalue weighted by Gasteiger charge is -2.22. The fourth-order valence-corrected chi connectivity index (χ4v) is 9.38. The van der Waals surface area contributed by atoms with E-state index in [9.17, 15) is 19.8 Å². The third-order valence-corrected chi connectivity index (χ3v) is 14.0. The Balaban J connectivity index is 3.46. The highest BCUT2D eigenvalue weighted by Gasteiger charge is 2.20. The molecule has 0 aromatic carbocycles. The van der Waals surface area contributed by atoms with Crippen LogP contribution in [0.3, 0.4) is 0 Å². The molecular weight excluding hydrogens is 827 g/mol. The summed E-state index contributed by atoms with van der Waals surface area (Å²) in [6.07, 6.45) is 68.8. The van der Waals surface area contributed by atoms with E-state index < -0.39 is 12.1 Å². The standard InChI is InChI=1S/C61H117NO5/c1-3-5-7-9-11-13-15-17-19-21-22-23-24-25-27-28-30-33-37-41-45-49-53-59(64)58(57-63)62-60(65)54-50-46-42-38-34-32-36-40-44-48-52-56-67-61(66)55-51-47-43-39-35-31-29-26-20-18-16-14-12-10-8-6-4-2/h12,14,18,20,58-59,63-64H,3-11,13,15-17,19,21-57H2,1-2H3,(H,62,65)/b14-12-,20-18-. The largest absolute Gasteiger partial charge is 0.466 e. The Bertz CT molecular complexity index is 1040. The first-order valence-electron chi connectivity index (χ1n) is 30.1. The van der Waals surface area contributed by atoms with Crippen molar-refractivity contribution in [2.24, 2.45) is 0 Å². The van der Waals surface area contributed by atoms with Gasteiger partial charge >= 0.3 is 5.97 Å². The Morgan fingerprint density at radius 1 is 0.418 bits per heavy atom. The van der Waals surface area contributed by atoms with Gasteiger partial charge in [0.1, 0.15) is 0 Å². The molecule has 3 N–H and O–H groups in total. The van der Waals surface area contributed by atoms with Crippen LogP contribution in [0.15, 0.2) is 24.3 Å². The van der Waals surface area contributed by atoms with Crippen molar-refractivity contribution in [1.29, 1.82) is 0 Å². The number of hydrogen-bond acceptors (Lipinski definition) is 5. The van der Waals surface area contributed by atoms with Crippen LogP contribution in [0.25, 0.3) is 0 Å². The molecule has 0 fully saturated rings. The van der Waals surface area contributed by atoms with Crippen molar-refractivity contribution in [3.8, 4) is 0 Å². The lowest BCUT2D eigenvalue weighted by molar-refractivity contribution is -0.143. The smallest absolute Gasteiger partial charge is 0.305 e. The van der Waals surface area contributed by atoms with Gasteiger partial charge in [0.05, 0.1) is 25.4 Å². The zero-order valence-electron chi connectivity index (χ0n) is 45.1. The summed E-state index contributed by atoms with van der Waals surface area (Å²) in [5.74, 6) is -0.0715. The Morgan fingerprint density at radius 2 is 0.746 bits per heavy atom. The van der Waals surface area contributed by atoms with Gasteiger partial charge in [-0.1, -0.05) is 282 Å². The molecule has 0 radical (unpaired) electrons. The molecule has 0 aliphatic rings. The van der Waals surface area contributed by atoms with E-state index in [2.05, 4.69) is 43.5 Å². The third-order valence-electron chi connectivity index (χ3n) is 14.0. The van der Waals surface area contributed by atoms with Crippen molar-refractivity contribution < 1.29 is 24.5 Å². The minimum Gasteiger partial charge on any atom is -0.466 e. The van der Waals surface area contributed by atoms with Crippen molar-refractivity contribution in [2.75, 3.05) is 13.2 Å². The number of ether oxygens (including phenoxy) is 1. The summed E-state index contributed by atoms with van der Waals surface area (Å²) in [4.78, 5) is 24.6. The number of carbonyl (C=O) groups is 2. The Labute approximate surface area is 418 Å². The van der Waals surface area contributed by atoms with Gasteiger partial charge in [0, 0.05) is 12.8 Å². The molecule has 0 spiro atoms. The Hall–Kier alpha value is -1.66. The minimum atomic E-state index is -0.678. The van der Waals surface area contributed by atoms with Crippen LogP contribution in [-0.4, -0.2) is 47.4 Å². The SMILES string of the molecule is CCCCC/C=C\C/C=C\CCCCCCCCCC(=O)OCCCCCCCCCCCCCC(=O)NC(CO)C(O)CCCCCCCCCCCCCCCCCCCCCCCC. The maximum absolute atomic E-state index is 12.5. The lowest BCUT2D eigenvalue weighted by Crippen LogP contribution is -2.45. The van der Waals surface area contributed by atoms with Gasteiger partial charge in [-0.25, -0.2) is 0 Å². The number of rotatable bonds is 56. The molecule has 396 valence electrons. The van der Waals surface area contributed by atoms with E-state index in [0.717, 1.165) is 64.2 Å². The lowest BCUT2D eigenvalue weighted by atomic mass is 10.0. The number of nitrogens with one attached hydrogen (secondary N) is 1. The van der Waals surface area contributed by atoms with E-state index in [4.69, 9.17) is 4.74 Å². The highest BCUT2D eigenvalue weighted by atomic mass is 16.5. The summed E-state index contributed by atoms with van der Waals surface area (Å²) < 4.78 is 5.47. The van der Waals surface area contributed by atoms with E-state index in [-0.39, 0.29) is 18.5 Å². The predicted octanol–water partition coefficient (Wildman–Crippen LogP) is 18.6. The van der Waals surface area contributed by atoms with E-state index in [0.29, 0.717) is 25.9 Å². The van der Waals surface area contributed by atoms with Gasteiger partial charge in [-0.05, 0) is 57.8 Å². The molecule has 0 saturated heterocycles. The van der Waals surface area contributed by atoms with E-state index >= 15 is 0 Å². The fraction of sp³-hybridized carbons (Fsp3) is 0.902. The zero-order chi connectivity index (χ0) is 48.6. The summed E-state index contributed by atoms with van der Waals surface area (Å²) in [6, 6.07) is -0.557. The first-order valence-corrected chi connectivity index (χ1v) is 30.1. The van der Waals surface area contributed by atoms with E-state index in [1.165, 1.54) is 231 Å². The first kappa shape index (κ1) is 65.3. The van der Waals surface area contributed by atoms with Crippen molar-refractivity contribution >= 4 is 11.9 Å². The number of aliphatic hydroxyl groups excluding tert-OH is 2. The number of hydrogen-bond donors (Lipinski definition) is 3. The number of amides is 1. The summed E-state index contributed by atoms with van der Waals surface area (Å²) in [5.41, 5.74) is 0. The number of esters is 1. The Kier molecular flexibility index (Phi) is 55.5. The van der Waals surface area contributed by atoms with Crippen LogP contribution in [0, 0.1) is 0 Å². The molecular formula is C61H117NO5. The number of carbonyl (C=O) groups excluding carboxylic acids is 2. The maximum Gasteiger partial charge on any atom is 0.305 e. The van der Waals surface area contributed by atoms with Crippen molar-refractivity contribution in [3.05, 3.63) is 24.3 Å². The van der Waals surface area contributed by atoms with Crippen LogP contribution in [-0.2, 0) is 14.3 Å². The van der Waals surface area contributed by atoms with Crippen LogP contribution in [0.4, 0.5) is 0 Å². The van der Waals surface area contributed by atoms with Gasteiger partial charge in [-0.3, -0.25) is 9.59 Å². The van der Waals surface area contributed by atoms with Crippen LogP contribution >= 0.6 is 0 Å². The molecule has 2 unspecified atom stereocenters. The van der Waals surface area contributed by atoms with E-state index in [1.54, 1.807) is 0 Å². The highest BCUT2D eigenvalue weighted by molar-refractivity contribution is 5.76. The molecule has 0 aliphatic carbocycles. The second kappa shape index (κ2) is 56.9. The molecule has 0 aromatic rings. The van der Waals surface area contributed by atoms with Gasteiger partial charge in [0.15, 0.2) is 0 Å². The molecule has 6 nitrogen and oxygen atoms in total. The van der Waals surface area contributed by atoms with Gasteiger partial charge in [0.25, 0.3) is 0 Å². The number of aliphatic hydroxyl groups is 2. The average Bonchev–Trinajstić information content (AvgIpc) is 3.33. The fourth-order valence-electron chi connectivity index (χ4n) is 9.38. The molecule has 67 heavy (non-hydrogen) atoms. The molecule has 0 aromatic heterocycles. The topological polar surface area (TPSA) is 95.9 Å². The van der Waals surface area contributed by atoms with Gasteiger partial charge in [0.2, 0.25) is 5.91 Å². The minimum absolute atomic E-state index is 0.0203. The van der Waals surface area contributed by atoms with Crippen LogP contribution in [0.1, 0.15) is 328 Å². The van der Waals surface area contributed by atoms with Crippen LogP contribution < -0.4 is 5.32 Å². The van der Waals surface area contributed by atoms with Crippen LogP contribution in [0.5, 0.6) is 0 Å². The molecule has 0 rings (SSSR count). The summed E-state index contributed by atoms with van der Waals surface area (Å²) >= 11 is 0. The van der Waals surface area contributed by atoms with Crippen molar-refractivity contribution in [3.63, 3.8) is 0 Å². The summed E-state index contributed by atoms with van der Waals surface area (Å²) in [5, 5.41) is 23.3. The van der Waals surface area contributed by atoms with Crippen LogP contribution in [0.2, 0.25) is 0 Å². The molecule has 0 heterocycles. The molecule has 0 aliphatic heterocycles. The molecule has 0 saturated carbocycles. The summed E-state index contributed by atoms with van der Waals surface area (Å²) in [6.45, 7) is 4.91. The van der Waals surface area contributed by atoms with Crippen molar-refractivity contribution in [2.45, 2.75) is 341 Å². The van der Waals surface area contributed by atoms with Gasteiger partial charge < -0.3 is 20.3 Å². The normalized spacial score (nSPS) is 12.7. The highest BCUT2D eigenvalue weighted by Crippen LogP contribution is 2.18. The molecule has 2 atom stereocenters. The molecule has 1 amide bonds. The molecule has 6 heteroatoms. The van der Waals surface area contributed by atoms with Gasteiger partial charge in [-0.2, -0.15) is 0 Å². The average molecular weight is 945 g/mol. The van der Waals surface area contributed by atoms with Gasteiger partial charge in [-0.15, -0.1) is 0 Å². The second-order valence-electron chi connectivity index (χ2n) is 20.7. The first-order chi connectivity index (χ1) is 33.0. The second-order valence-corrected chi connectivity index (χ2v) is 20.7. The quantitative estimate of drug-likeness (QED) is 0.0321. The summed E-state index contributed by atoms with van der Waals surface area (Å²) in [7, 11) is 0.